The molecule has 0 aliphatic carbocycles. The van der Waals surface area contributed by atoms with E-state index in [9.17, 15) is 4.79 Å². The van der Waals surface area contributed by atoms with Gasteiger partial charge in [0.15, 0.2) is 11.9 Å². The van der Waals surface area contributed by atoms with Gasteiger partial charge in [0.05, 0.1) is 10.7 Å². The third-order valence-corrected chi connectivity index (χ3v) is 3.64. The predicted octanol–water partition coefficient (Wildman–Crippen LogP) is 3.19. The number of carbonyl (C=O) groups excluding carboxylic acids is 1. The van der Waals surface area contributed by atoms with Crippen LogP contribution in [0.25, 0.3) is 0 Å². The first-order valence-corrected chi connectivity index (χ1v) is 6.87. The lowest BCUT2D eigenvalue weighted by atomic mass is 10.2. The number of benzene rings is 1. The quantitative estimate of drug-likeness (QED) is 0.865. The van der Waals surface area contributed by atoms with Gasteiger partial charge in [-0.25, -0.2) is 0 Å². The Bertz CT molecular complexity index is 653. The summed E-state index contributed by atoms with van der Waals surface area (Å²) in [5, 5.41) is 3.40. The van der Waals surface area contributed by atoms with Gasteiger partial charge in [0, 0.05) is 18.6 Å². The zero-order chi connectivity index (χ0) is 14.7. The normalized spacial score (nSPS) is 10.4. The Hall–Kier alpha value is -1.87. The maximum absolute atomic E-state index is 12.1. The number of aryl methyl sites for hydroxylation is 2. The summed E-state index contributed by atoms with van der Waals surface area (Å²) in [7, 11) is 0. The van der Waals surface area contributed by atoms with Crippen molar-refractivity contribution in [1.29, 1.82) is 0 Å². The Labute approximate surface area is 124 Å². The van der Waals surface area contributed by atoms with Gasteiger partial charge in [0.25, 0.3) is 5.91 Å². The van der Waals surface area contributed by atoms with E-state index in [2.05, 4.69) is 5.32 Å². The van der Waals surface area contributed by atoms with Crippen molar-refractivity contribution in [3.63, 3.8) is 0 Å². The molecule has 0 spiro atoms. The number of halogens is 1. The van der Waals surface area contributed by atoms with Crippen molar-refractivity contribution in [2.75, 3.05) is 5.32 Å². The van der Waals surface area contributed by atoms with Gasteiger partial charge >= 0.3 is 0 Å². The van der Waals surface area contributed by atoms with E-state index in [1.807, 2.05) is 61.9 Å². The van der Waals surface area contributed by atoms with Crippen LogP contribution in [0, 0.1) is 20.8 Å². The molecule has 0 fully saturated rings. The van der Waals surface area contributed by atoms with Crippen LogP contribution in [0.4, 0.5) is 5.69 Å². The van der Waals surface area contributed by atoms with E-state index in [0.717, 1.165) is 16.8 Å². The molecular formula is C16H18ClN2O+. The van der Waals surface area contributed by atoms with Gasteiger partial charge in [-0.1, -0.05) is 17.7 Å². The van der Waals surface area contributed by atoms with Crippen LogP contribution in [0.1, 0.15) is 16.8 Å². The molecule has 0 unspecified atom stereocenters. The highest BCUT2D eigenvalue weighted by Gasteiger charge is 2.14. The molecular weight excluding hydrogens is 272 g/mol. The summed E-state index contributed by atoms with van der Waals surface area (Å²) in [6.07, 6.45) is 1.90. The number of hydrogen-bond acceptors (Lipinski definition) is 1. The highest BCUT2D eigenvalue weighted by Crippen LogP contribution is 2.22. The molecule has 1 aromatic heterocycles. The number of nitrogens with one attached hydrogen (secondary N) is 1. The predicted molar refractivity (Wildman–Crippen MR) is 80.9 cm³/mol. The SMILES string of the molecule is Cc1ccc(NC(=O)C[n+]2cccc(C)c2C)c(Cl)c1. The highest BCUT2D eigenvalue weighted by atomic mass is 35.5. The fourth-order valence-electron chi connectivity index (χ4n) is 1.99. The van der Waals surface area contributed by atoms with Crippen molar-refractivity contribution in [3.05, 3.63) is 58.4 Å². The van der Waals surface area contributed by atoms with Gasteiger partial charge in [0.1, 0.15) is 0 Å². The number of aromatic nitrogens is 1. The zero-order valence-electron chi connectivity index (χ0n) is 11.9. The molecule has 2 aromatic rings. The molecule has 0 atom stereocenters. The number of nitrogens with zero attached hydrogens (tertiary/aromatic N) is 1. The molecule has 3 nitrogen and oxygen atoms in total. The fourth-order valence-corrected chi connectivity index (χ4v) is 2.27. The van der Waals surface area contributed by atoms with Crippen LogP contribution in [-0.2, 0) is 11.3 Å². The van der Waals surface area contributed by atoms with Crippen LogP contribution < -0.4 is 9.88 Å². The fraction of sp³-hybridized carbons (Fsp3) is 0.250. The highest BCUT2D eigenvalue weighted by molar-refractivity contribution is 6.33. The van der Waals surface area contributed by atoms with Gasteiger partial charge in [-0.15, -0.1) is 0 Å². The maximum Gasteiger partial charge on any atom is 0.290 e. The van der Waals surface area contributed by atoms with Crippen LogP contribution in [0.2, 0.25) is 5.02 Å². The number of hydrogen-bond donors (Lipinski definition) is 1. The second kappa shape index (κ2) is 6.06. The van der Waals surface area contributed by atoms with Crippen molar-refractivity contribution in [3.8, 4) is 0 Å². The van der Waals surface area contributed by atoms with E-state index >= 15 is 0 Å². The van der Waals surface area contributed by atoms with E-state index in [1.54, 1.807) is 0 Å². The largest absolute Gasteiger partial charge is 0.319 e. The average Bonchev–Trinajstić information content (AvgIpc) is 2.38. The van der Waals surface area contributed by atoms with Gasteiger partial charge in [-0.2, -0.15) is 4.57 Å². The third kappa shape index (κ3) is 3.36. The summed E-state index contributed by atoms with van der Waals surface area (Å²) in [4.78, 5) is 12.1. The van der Waals surface area contributed by atoms with Gasteiger partial charge in [0.2, 0.25) is 6.54 Å². The molecule has 1 heterocycles. The van der Waals surface area contributed by atoms with Gasteiger partial charge in [-0.3, -0.25) is 4.79 Å². The van der Waals surface area contributed by atoms with Crippen molar-refractivity contribution in [1.82, 2.24) is 0 Å². The standard InChI is InChI=1S/C16H17ClN2O/c1-11-6-7-15(14(17)9-11)18-16(20)10-19-8-4-5-12(2)13(19)3/h4-9H,10H2,1-3H3/p+1. The lowest BCUT2D eigenvalue weighted by Gasteiger charge is -2.07. The van der Waals surface area contributed by atoms with E-state index in [0.29, 0.717) is 10.7 Å². The number of pyridine rings is 1. The maximum atomic E-state index is 12.1. The van der Waals surface area contributed by atoms with Crippen LogP contribution in [0.15, 0.2) is 36.5 Å². The van der Waals surface area contributed by atoms with E-state index in [1.165, 1.54) is 0 Å². The minimum absolute atomic E-state index is 0.0885. The van der Waals surface area contributed by atoms with Crippen molar-refractivity contribution < 1.29 is 9.36 Å². The van der Waals surface area contributed by atoms with Crippen molar-refractivity contribution in [2.45, 2.75) is 27.3 Å². The molecule has 0 radical (unpaired) electrons. The molecule has 1 N–H and O–H groups in total. The second-order valence-corrected chi connectivity index (χ2v) is 5.34. The third-order valence-electron chi connectivity index (χ3n) is 3.33. The smallest absolute Gasteiger partial charge is 0.290 e. The number of carbonyl (C=O) groups is 1. The van der Waals surface area contributed by atoms with Crippen LogP contribution in [0.3, 0.4) is 0 Å². The van der Waals surface area contributed by atoms with Gasteiger partial charge in [-0.05, 0) is 37.6 Å². The Morgan fingerprint density at radius 2 is 2.00 bits per heavy atom. The summed E-state index contributed by atoms with van der Waals surface area (Å²) < 4.78 is 1.92. The molecule has 0 saturated heterocycles. The van der Waals surface area contributed by atoms with Crippen LogP contribution in [-0.4, -0.2) is 5.91 Å². The Kier molecular flexibility index (Phi) is 4.40. The Balaban J connectivity index is 2.11. The van der Waals surface area contributed by atoms with Crippen molar-refractivity contribution >= 4 is 23.2 Å². The number of rotatable bonds is 3. The molecule has 0 aliphatic rings. The Morgan fingerprint density at radius 1 is 1.25 bits per heavy atom. The molecule has 1 aromatic carbocycles. The molecule has 104 valence electrons. The first-order chi connectivity index (χ1) is 9.47. The monoisotopic (exact) mass is 289 g/mol. The first-order valence-electron chi connectivity index (χ1n) is 6.49. The first kappa shape index (κ1) is 14.5. The molecule has 0 bridgehead atoms. The second-order valence-electron chi connectivity index (χ2n) is 4.94. The molecule has 0 saturated carbocycles. The minimum Gasteiger partial charge on any atom is -0.319 e. The summed E-state index contributed by atoms with van der Waals surface area (Å²) in [6.45, 7) is 6.27. The number of anilines is 1. The summed E-state index contributed by atoms with van der Waals surface area (Å²) >= 11 is 6.11. The summed E-state index contributed by atoms with van der Waals surface area (Å²) in [5.41, 5.74) is 3.95. The molecule has 2 rings (SSSR count). The molecule has 20 heavy (non-hydrogen) atoms. The minimum atomic E-state index is -0.0885. The van der Waals surface area contributed by atoms with Gasteiger partial charge < -0.3 is 5.32 Å². The van der Waals surface area contributed by atoms with E-state index < -0.39 is 0 Å². The van der Waals surface area contributed by atoms with Crippen LogP contribution in [0.5, 0.6) is 0 Å². The van der Waals surface area contributed by atoms with E-state index in [-0.39, 0.29) is 12.5 Å². The van der Waals surface area contributed by atoms with Crippen molar-refractivity contribution in [2.24, 2.45) is 0 Å². The molecule has 0 aliphatic heterocycles. The lowest BCUT2D eigenvalue weighted by molar-refractivity contribution is -0.690. The van der Waals surface area contributed by atoms with E-state index in [4.69, 9.17) is 11.6 Å². The molecule has 4 heteroatoms. The topological polar surface area (TPSA) is 33.0 Å². The summed E-state index contributed by atoms with van der Waals surface area (Å²) in [5.74, 6) is -0.0885. The van der Waals surface area contributed by atoms with Crippen LogP contribution >= 0.6 is 11.6 Å². The number of amides is 1. The Morgan fingerprint density at radius 3 is 2.70 bits per heavy atom. The lowest BCUT2D eigenvalue weighted by Crippen LogP contribution is -2.43. The molecule has 1 amide bonds. The average molecular weight is 290 g/mol. The zero-order valence-corrected chi connectivity index (χ0v) is 12.7. The summed E-state index contributed by atoms with van der Waals surface area (Å²) in [6, 6.07) is 9.55.